The standard InChI is InChI=1S/C28H34FN11O2/c1-19-24(16-35-40(19)17-23-15-30-7-12-42-23)36-25-33-18-34-27(37-25)39-10-8-38(9-11-39)26-31-13-21(14-32-26)28(2,41)20-3-5-22(29)6-4-20/h3-6,13-14,16,18,23,30,41H,7-12,15,17H2,1-2H3,(H,33,34,36,37)/t23-,28+/m0/s1. The summed E-state index contributed by atoms with van der Waals surface area (Å²) >= 11 is 0. The van der Waals surface area contributed by atoms with Crippen LogP contribution in [0.4, 0.5) is 27.9 Å². The Morgan fingerprint density at radius 2 is 1.71 bits per heavy atom. The van der Waals surface area contributed by atoms with Crippen molar-refractivity contribution in [2.24, 2.45) is 0 Å². The fraction of sp³-hybridized carbons (Fsp3) is 0.429. The molecule has 14 heteroatoms. The zero-order chi connectivity index (χ0) is 29.1. The van der Waals surface area contributed by atoms with Gasteiger partial charge in [-0.25, -0.2) is 24.3 Å². The smallest absolute Gasteiger partial charge is 0.232 e. The summed E-state index contributed by atoms with van der Waals surface area (Å²) in [7, 11) is 0. The molecule has 2 aliphatic heterocycles. The van der Waals surface area contributed by atoms with Crippen molar-refractivity contribution in [1.29, 1.82) is 0 Å². The molecule has 0 saturated carbocycles. The summed E-state index contributed by atoms with van der Waals surface area (Å²) in [5.74, 6) is 1.26. The van der Waals surface area contributed by atoms with Crippen LogP contribution in [0.3, 0.4) is 0 Å². The number of hydrogen-bond acceptors (Lipinski definition) is 12. The van der Waals surface area contributed by atoms with Crippen molar-refractivity contribution in [2.75, 3.05) is 61.0 Å². The zero-order valence-corrected chi connectivity index (χ0v) is 23.6. The Kier molecular flexibility index (Phi) is 7.91. The van der Waals surface area contributed by atoms with Gasteiger partial charge >= 0.3 is 0 Å². The largest absolute Gasteiger partial charge is 0.381 e. The number of morpholine rings is 1. The first-order valence-corrected chi connectivity index (χ1v) is 14.0. The first-order chi connectivity index (χ1) is 20.4. The fourth-order valence-corrected chi connectivity index (χ4v) is 5.09. The van der Waals surface area contributed by atoms with Gasteiger partial charge in [-0.1, -0.05) is 12.1 Å². The predicted octanol–water partition coefficient (Wildman–Crippen LogP) is 1.62. The van der Waals surface area contributed by atoms with E-state index in [4.69, 9.17) is 4.74 Å². The molecular weight excluding hydrogens is 541 g/mol. The average molecular weight is 576 g/mol. The SMILES string of the molecule is Cc1c(Nc2ncnc(N3CCN(c4ncc([C@](C)(O)c5ccc(F)cc5)cn4)CC3)n2)cnn1C[C@@H]1CNCCO1. The van der Waals surface area contributed by atoms with Crippen LogP contribution in [0.1, 0.15) is 23.7 Å². The number of hydrogen-bond donors (Lipinski definition) is 3. The molecule has 2 fully saturated rings. The van der Waals surface area contributed by atoms with Crippen LogP contribution in [0.5, 0.6) is 0 Å². The van der Waals surface area contributed by atoms with Crippen LogP contribution in [-0.2, 0) is 16.9 Å². The van der Waals surface area contributed by atoms with E-state index in [1.807, 2.05) is 11.6 Å². The van der Waals surface area contributed by atoms with Crippen LogP contribution in [0.25, 0.3) is 0 Å². The van der Waals surface area contributed by atoms with Gasteiger partial charge in [-0.05, 0) is 31.5 Å². The van der Waals surface area contributed by atoms with E-state index in [1.54, 1.807) is 37.6 Å². The van der Waals surface area contributed by atoms with Crippen LogP contribution in [0.2, 0.25) is 0 Å². The molecule has 42 heavy (non-hydrogen) atoms. The van der Waals surface area contributed by atoms with Crippen molar-refractivity contribution in [3.05, 3.63) is 71.8 Å². The Morgan fingerprint density at radius 3 is 2.40 bits per heavy atom. The highest BCUT2D eigenvalue weighted by atomic mass is 19.1. The molecule has 2 aliphatic rings. The highest BCUT2D eigenvalue weighted by Gasteiger charge is 2.28. The van der Waals surface area contributed by atoms with Crippen molar-refractivity contribution in [3.8, 4) is 0 Å². The molecule has 0 aliphatic carbocycles. The lowest BCUT2D eigenvalue weighted by atomic mass is 9.90. The lowest BCUT2D eigenvalue weighted by Gasteiger charge is -2.34. The summed E-state index contributed by atoms with van der Waals surface area (Å²) in [5, 5.41) is 22.2. The molecule has 0 bridgehead atoms. The normalized spacial score (nSPS) is 19.0. The Labute approximate surface area is 242 Å². The molecule has 3 aromatic heterocycles. The predicted molar refractivity (Wildman–Crippen MR) is 154 cm³/mol. The lowest BCUT2D eigenvalue weighted by molar-refractivity contribution is 0.0158. The number of aliphatic hydroxyl groups is 1. The van der Waals surface area contributed by atoms with Gasteiger partial charge in [0.25, 0.3) is 0 Å². The van der Waals surface area contributed by atoms with E-state index in [2.05, 4.69) is 50.5 Å². The number of ether oxygens (including phenoxy) is 1. The quantitative estimate of drug-likeness (QED) is 0.281. The molecule has 2 atom stereocenters. The monoisotopic (exact) mass is 575 g/mol. The van der Waals surface area contributed by atoms with Gasteiger partial charge in [0.1, 0.15) is 17.7 Å². The molecule has 0 spiro atoms. The van der Waals surface area contributed by atoms with Crippen molar-refractivity contribution in [2.45, 2.75) is 32.1 Å². The molecule has 3 N–H and O–H groups in total. The van der Waals surface area contributed by atoms with Gasteiger partial charge in [-0.3, -0.25) is 4.68 Å². The molecule has 4 aromatic rings. The van der Waals surface area contributed by atoms with Crippen molar-refractivity contribution in [1.82, 2.24) is 40.0 Å². The van der Waals surface area contributed by atoms with Crippen LogP contribution in [0, 0.1) is 12.7 Å². The number of aromatic nitrogens is 7. The second-order valence-corrected chi connectivity index (χ2v) is 10.6. The van der Waals surface area contributed by atoms with Gasteiger partial charge in [0.05, 0.1) is 36.8 Å². The van der Waals surface area contributed by atoms with E-state index in [-0.39, 0.29) is 11.9 Å². The lowest BCUT2D eigenvalue weighted by Crippen LogP contribution is -2.47. The van der Waals surface area contributed by atoms with E-state index in [1.165, 1.54) is 18.5 Å². The summed E-state index contributed by atoms with van der Waals surface area (Å²) in [6.07, 6.45) is 6.61. The number of nitrogens with one attached hydrogen (secondary N) is 2. The number of halogens is 1. The van der Waals surface area contributed by atoms with Crippen LogP contribution in [-0.4, -0.2) is 91.8 Å². The van der Waals surface area contributed by atoms with E-state index in [0.29, 0.717) is 68.3 Å². The average Bonchev–Trinajstić information content (AvgIpc) is 3.36. The number of anilines is 4. The van der Waals surface area contributed by atoms with Gasteiger partial charge in [-0.2, -0.15) is 10.1 Å². The number of nitrogens with zero attached hydrogens (tertiary/aromatic N) is 9. The Balaban J connectivity index is 1.06. The maximum Gasteiger partial charge on any atom is 0.232 e. The number of benzene rings is 1. The maximum atomic E-state index is 13.3. The first kappa shape index (κ1) is 27.9. The Morgan fingerprint density at radius 1 is 1.00 bits per heavy atom. The van der Waals surface area contributed by atoms with E-state index >= 15 is 0 Å². The van der Waals surface area contributed by atoms with Crippen LogP contribution < -0.4 is 20.4 Å². The number of piperazine rings is 1. The van der Waals surface area contributed by atoms with Crippen molar-refractivity contribution < 1.29 is 14.2 Å². The molecule has 13 nitrogen and oxygen atoms in total. The third-order valence-electron chi connectivity index (χ3n) is 7.74. The maximum absolute atomic E-state index is 13.3. The molecule has 5 heterocycles. The van der Waals surface area contributed by atoms with Gasteiger partial charge in [-0.15, -0.1) is 0 Å². The van der Waals surface area contributed by atoms with Crippen molar-refractivity contribution in [3.63, 3.8) is 0 Å². The van der Waals surface area contributed by atoms with Gasteiger partial charge < -0.3 is 30.3 Å². The third-order valence-corrected chi connectivity index (χ3v) is 7.74. The minimum atomic E-state index is -1.34. The fourth-order valence-electron chi connectivity index (χ4n) is 5.09. The van der Waals surface area contributed by atoms with Crippen LogP contribution >= 0.6 is 0 Å². The number of rotatable bonds is 8. The summed E-state index contributed by atoms with van der Waals surface area (Å²) in [5.41, 5.74) is 1.57. The molecule has 6 rings (SSSR count). The highest BCUT2D eigenvalue weighted by molar-refractivity contribution is 5.56. The van der Waals surface area contributed by atoms with E-state index in [9.17, 15) is 9.50 Å². The van der Waals surface area contributed by atoms with E-state index in [0.717, 1.165) is 24.5 Å². The minimum absolute atomic E-state index is 0.0901. The molecule has 1 aromatic carbocycles. The second kappa shape index (κ2) is 11.9. The minimum Gasteiger partial charge on any atom is -0.381 e. The first-order valence-electron chi connectivity index (χ1n) is 14.0. The van der Waals surface area contributed by atoms with E-state index < -0.39 is 5.60 Å². The summed E-state index contributed by atoms with van der Waals surface area (Å²) in [6.45, 7) is 9.41. The van der Waals surface area contributed by atoms with Gasteiger partial charge in [0, 0.05) is 57.2 Å². The molecule has 0 amide bonds. The zero-order valence-electron chi connectivity index (χ0n) is 23.6. The molecule has 2 saturated heterocycles. The molecule has 0 radical (unpaired) electrons. The summed E-state index contributed by atoms with van der Waals surface area (Å²) in [4.78, 5) is 26.6. The van der Waals surface area contributed by atoms with Crippen LogP contribution in [0.15, 0.2) is 49.2 Å². The topological polar surface area (TPSA) is 142 Å². The molecular formula is C28H34FN11O2. The molecule has 220 valence electrons. The second-order valence-electron chi connectivity index (χ2n) is 10.6. The third kappa shape index (κ3) is 6.00. The van der Waals surface area contributed by atoms with Crippen molar-refractivity contribution >= 4 is 23.5 Å². The molecule has 0 unspecified atom stereocenters. The van der Waals surface area contributed by atoms with Gasteiger partial charge in [0.15, 0.2) is 0 Å². The summed E-state index contributed by atoms with van der Waals surface area (Å²) in [6, 6.07) is 5.77. The summed E-state index contributed by atoms with van der Waals surface area (Å²) < 4.78 is 21.1. The highest BCUT2D eigenvalue weighted by Crippen LogP contribution is 2.29. The van der Waals surface area contributed by atoms with Gasteiger partial charge in [0.2, 0.25) is 17.8 Å². The Bertz CT molecular complexity index is 1480. The Hall–Kier alpha value is -4.27.